The average Bonchev–Trinajstić information content (AvgIpc) is 2.71. The predicted octanol–water partition coefficient (Wildman–Crippen LogP) is 0.205. The molecule has 1 aromatic rings. The molecular formula is C9H11N5O3S. The van der Waals surface area contributed by atoms with Crippen LogP contribution in [0.5, 0.6) is 5.88 Å². The number of anilines is 1. The zero-order valence-electron chi connectivity index (χ0n) is 9.43. The summed E-state index contributed by atoms with van der Waals surface area (Å²) in [6, 6.07) is 1.66. The van der Waals surface area contributed by atoms with Gasteiger partial charge in [0.15, 0.2) is 5.92 Å². The van der Waals surface area contributed by atoms with Crippen molar-refractivity contribution in [3.05, 3.63) is 4.88 Å². The number of nitrogens with zero attached hydrogens (tertiary/aromatic N) is 2. The molecule has 0 spiro atoms. The van der Waals surface area contributed by atoms with Crippen LogP contribution in [0.1, 0.15) is 11.8 Å². The minimum absolute atomic E-state index is 0.00236. The lowest BCUT2D eigenvalue weighted by Crippen LogP contribution is -2.24. The summed E-state index contributed by atoms with van der Waals surface area (Å²) in [6.45, 7) is 1.70. The molecule has 1 rings (SSSR count). The molecule has 0 fully saturated rings. The fourth-order valence-electron chi connectivity index (χ4n) is 1.14. The molecule has 0 aliphatic rings. The summed E-state index contributed by atoms with van der Waals surface area (Å²) in [5.74, 6) is 2.42. The Morgan fingerprint density at radius 3 is 2.94 bits per heavy atom. The van der Waals surface area contributed by atoms with Crippen molar-refractivity contribution in [2.45, 2.75) is 6.92 Å². The summed E-state index contributed by atoms with van der Waals surface area (Å²) in [4.78, 5) is 15.1. The number of hydrazine groups is 1. The van der Waals surface area contributed by atoms with Gasteiger partial charge >= 0.3 is 5.97 Å². The molecule has 8 nitrogen and oxygen atoms in total. The Morgan fingerprint density at radius 1 is 1.83 bits per heavy atom. The van der Waals surface area contributed by atoms with Gasteiger partial charge in [0.05, 0.1) is 18.4 Å². The minimum Gasteiger partial charge on any atom is -0.492 e. The van der Waals surface area contributed by atoms with Crippen LogP contribution in [0, 0.1) is 22.7 Å². The van der Waals surface area contributed by atoms with E-state index < -0.39 is 17.8 Å². The molecule has 18 heavy (non-hydrogen) atoms. The predicted molar refractivity (Wildman–Crippen MR) is 64.2 cm³/mol. The number of hydrogen-bond acceptors (Lipinski definition) is 9. The monoisotopic (exact) mass is 269 g/mol. The third-order valence-electron chi connectivity index (χ3n) is 1.92. The van der Waals surface area contributed by atoms with Gasteiger partial charge in [-0.2, -0.15) is 10.2 Å². The average molecular weight is 269 g/mol. The second-order valence-electron chi connectivity index (χ2n) is 3.04. The number of rotatable bonds is 5. The number of nitrogen functional groups attached to an aromatic ring is 1. The van der Waals surface area contributed by atoms with Crippen LogP contribution < -0.4 is 11.3 Å². The topological polar surface area (TPSA) is 145 Å². The second-order valence-corrected chi connectivity index (χ2v) is 4.04. The highest BCUT2D eigenvalue weighted by Gasteiger charge is 2.29. The Morgan fingerprint density at radius 2 is 2.50 bits per heavy atom. The normalized spacial score (nSPS) is 11.4. The zero-order chi connectivity index (χ0) is 13.7. The quantitative estimate of drug-likeness (QED) is 0.258. The van der Waals surface area contributed by atoms with Crippen molar-refractivity contribution in [1.82, 2.24) is 4.98 Å². The van der Waals surface area contributed by atoms with E-state index in [1.807, 2.05) is 0 Å². The number of esters is 1. The Kier molecular flexibility index (Phi) is 4.59. The van der Waals surface area contributed by atoms with Crippen molar-refractivity contribution in [1.29, 1.82) is 10.7 Å². The van der Waals surface area contributed by atoms with Gasteiger partial charge in [-0.15, -0.1) is 0 Å². The lowest BCUT2D eigenvalue weighted by molar-refractivity contribution is -0.143. The molecule has 1 unspecified atom stereocenters. The van der Waals surface area contributed by atoms with E-state index in [0.29, 0.717) is 0 Å². The summed E-state index contributed by atoms with van der Waals surface area (Å²) >= 11 is 0.866. The summed E-state index contributed by atoms with van der Waals surface area (Å²) in [5.41, 5.74) is 1.84. The number of nitriles is 1. The highest BCUT2D eigenvalue weighted by molar-refractivity contribution is 7.17. The number of thiazole rings is 1. The van der Waals surface area contributed by atoms with Gasteiger partial charge in [0.25, 0.3) is 0 Å². The van der Waals surface area contributed by atoms with Crippen molar-refractivity contribution >= 4 is 28.1 Å². The largest absolute Gasteiger partial charge is 0.492 e. The van der Waals surface area contributed by atoms with Gasteiger partial charge in [0, 0.05) is 0 Å². The molecule has 5 N–H and O–H groups in total. The van der Waals surface area contributed by atoms with Gasteiger partial charge in [0.2, 0.25) is 11.0 Å². The first-order chi connectivity index (χ1) is 8.54. The zero-order valence-corrected chi connectivity index (χ0v) is 10.2. The van der Waals surface area contributed by atoms with Gasteiger partial charge in [-0.25, -0.2) is 5.84 Å². The van der Waals surface area contributed by atoms with Crippen molar-refractivity contribution in [2.24, 2.45) is 11.8 Å². The summed E-state index contributed by atoms with van der Waals surface area (Å²) in [5, 5.41) is 26.3. The minimum atomic E-state index is -1.40. The SMILES string of the molecule is CCOC(=O)C(C#N)C(=N)c1sc(NN)nc1O. The van der Waals surface area contributed by atoms with E-state index >= 15 is 0 Å². The van der Waals surface area contributed by atoms with E-state index in [1.54, 1.807) is 13.0 Å². The molecule has 1 atom stereocenters. The number of carbonyl (C=O) groups excluding carboxylic acids is 1. The van der Waals surface area contributed by atoms with Crippen LogP contribution in [0.3, 0.4) is 0 Å². The Bertz CT molecular complexity index is 507. The molecule has 0 aromatic carbocycles. The first kappa shape index (κ1) is 13.9. The first-order valence-corrected chi connectivity index (χ1v) is 5.68. The van der Waals surface area contributed by atoms with Gasteiger partial charge in [-0.3, -0.25) is 10.2 Å². The van der Waals surface area contributed by atoms with Crippen molar-refractivity contribution in [2.75, 3.05) is 12.0 Å². The molecular weight excluding hydrogens is 258 g/mol. The van der Waals surface area contributed by atoms with Crippen LogP contribution in [0.15, 0.2) is 0 Å². The Balaban J connectivity index is 3.00. The summed E-state index contributed by atoms with van der Waals surface area (Å²) < 4.78 is 4.67. The molecule has 0 saturated heterocycles. The van der Waals surface area contributed by atoms with E-state index in [2.05, 4.69) is 15.1 Å². The van der Waals surface area contributed by atoms with Crippen LogP contribution in [-0.4, -0.2) is 28.4 Å². The molecule has 0 saturated carbocycles. The van der Waals surface area contributed by atoms with E-state index in [0.717, 1.165) is 11.3 Å². The van der Waals surface area contributed by atoms with E-state index in [9.17, 15) is 9.90 Å². The maximum atomic E-state index is 11.5. The number of carbonyl (C=O) groups is 1. The number of aromatic nitrogens is 1. The van der Waals surface area contributed by atoms with Gasteiger partial charge < -0.3 is 15.3 Å². The molecule has 9 heteroatoms. The van der Waals surface area contributed by atoms with Crippen molar-refractivity contribution in [3.63, 3.8) is 0 Å². The lowest BCUT2D eigenvalue weighted by atomic mass is 10.0. The lowest BCUT2D eigenvalue weighted by Gasteiger charge is -2.08. The molecule has 96 valence electrons. The Hall–Kier alpha value is -2.18. The molecule has 0 aliphatic heterocycles. The van der Waals surface area contributed by atoms with Crippen LogP contribution >= 0.6 is 11.3 Å². The smallest absolute Gasteiger partial charge is 0.329 e. The maximum absolute atomic E-state index is 11.5. The summed E-state index contributed by atoms with van der Waals surface area (Å²) in [6.07, 6.45) is 0. The number of ether oxygens (including phenoxy) is 1. The summed E-state index contributed by atoms with van der Waals surface area (Å²) in [7, 11) is 0. The fourth-order valence-corrected chi connectivity index (χ4v) is 1.89. The van der Waals surface area contributed by atoms with Crippen molar-refractivity contribution in [3.8, 4) is 11.9 Å². The highest BCUT2D eigenvalue weighted by atomic mass is 32.1. The van der Waals surface area contributed by atoms with Crippen LogP contribution in [0.2, 0.25) is 0 Å². The number of nitrogens with two attached hydrogens (primary N) is 1. The van der Waals surface area contributed by atoms with E-state index in [-0.39, 0.29) is 22.3 Å². The Labute approximate surface area is 106 Å². The highest BCUT2D eigenvalue weighted by Crippen LogP contribution is 2.29. The molecule has 1 heterocycles. The number of hydrogen-bond donors (Lipinski definition) is 4. The second kappa shape index (κ2) is 5.95. The van der Waals surface area contributed by atoms with Gasteiger partial charge in [-0.1, -0.05) is 11.3 Å². The maximum Gasteiger partial charge on any atom is 0.329 e. The standard InChI is InChI=1S/C9H11N5O3S/c1-2-17-8(16)4(3-10)5(11)6-7(15)13-9(14-12)18-6/h4,11,15H,2,12H2,1H3,(H,13,14). The number of nitrogens with one attached hydrogen (secondary N) is 2. The third-order valence-corrected chi connectivity index (χ3v) is 2.93. The van der Waals surface area contributed by atoms with E-state index in [1.165, 1.54) is 0 Å². The molecule has 0 amide bonds. The van der Waals surface area contributed by atoms with Gasteiger partial charge in [0.1, 0.15) is 4.88 Å². The van der Waals surface area contributed by atoms with Crippen LogP contribution in [-0.2, 0) is 9.53 Å². The number of aromatic hydroxyl groups is 1. The molecule has 0 aliphatic carbocycles. The molecule has 0 radical (unpaired) electrons. The third kappa shape index (κ3) is 2.73. The molecule has 1 aromatic heterocycles. The first-order valence-electron chi connectivity index (χ1n) is 4.86. The fraction of sp³-hybridized carbons (Fsp3) is 0.333. The van der Waals surface area contributed by atoms with Crippen LogP contribution in [0.25, 0.3) is 0 Å². The van der Waals surface area contributed by atoms with Gasteiger partial charge in [-0.05, 0) is 6.92 Å². The van der Waals surface area contributed by atoms with Crippen molar-refractivity contribution < 1.29 is 14.6 Å². The molecule has 0 bridgehead atoms. The van der Waals surface area contributed by atoms with Crippen LogP contribution in [0.4, 0.5) is 5.13 Å². The van der Waals surface area contributed by atoms with E-state index in [4.69, 9.17) is 16.5 Å².